The second kappa shape index (κ2) is 10.4. The third-order valence-corrected chi connectivity index (χ3v) is 8.14. The number of likely N-dealkylation sites (tertiary alicyclic amines) is 1. The van der Waals surface area contributed by atoms with Crippen molar-refractivity contribution in [3.63, 3.8) is 0 Å². The van der Waals surface area contributed by atoms with Crippen molar-refractivity contribution in [2.75, 3.05) is 29.9 Å². The molecule has 2 aromatic heterocycles. The fourth-order valence-corrected chi connectivity index (χ4v) is 5.73. The van der Waals surface area contributed by atoms with Crippen LogP contribution in [-0.4, -0.2) is 65.1 Å². The van der Waals surface area contributed by atoms with Gasteiger partial charge in [-0.05, 0) is 25.5 Å². The lowest BCUT2D eigenvalue weighted by Gasteiger charge is -2.43. The number of carbonyl (C=O) groups is 2. The number of carbonyl (C=O) groups excluding carboxylic acids is 2. The van der Waals surface area contributed by atoms with E-state index in [-0.39, 0.29) is 77.1 Å². The molecule has 2 aliphatic heterocycles. The van der Waals surface area contributed by atoms with Gasteiger partial charge in [-0.2, -0.15) is 8.78 Å². The van der Waals surface area contributed by atoms with Crippen LogP contribution in [0.5, 0.6) is 5.75 Å². The molecule has 6 rings (SSSR count). The Balaban J connectivity index is 1.38. The van der Waals surface area contributed by atoms with Gasteiger partial charge < -0.3 is 15.0 Å². The summed E-state index contributed by atoms with van der Waals surface area (Å²) in [7, 11) is 0. The molecule has 4 heterocycles. The summed E-state index contributed by atoms with van der Waals surface area (Å²) >= 11 is 6.08. The van der Waals surface area contributed by atoms with Crippen LogP contribution in [0.15, 0.2) is 42.7 Å². The number of nitrogens with zero attached hydrogens (tertiary/aromatic N) is 4. The molecule has 14 heteroatoms. The van der Waals surface area contributed by atoms with Crippen LogP contribution in [0.3, 0.4) is 0 Å². The molecule has 1 aromatic carbocycles. The highest BCUT2D eigenvalue weighted by Gasteiger charge is 2.49. The summed E-state index contributed by atoms with van der Waals surface area (Å²) in [5, 5.41) is 2.71. The molecule has 1 aliphatic carbocycles. The molecule has 3 atom stereocenters. The average molecular weight is 608 g/mol. The van der Waals surface area contributed by atoms with E-state index in [0.29, 0.717) is 0 Å². The Bertz CT molecular complexity index is 1590. The summed E-state index contributed by atoms with van der Waals surface area (Å²) in [5.74, 6) is -3.92. The molecule has 0 unspecified atom stereocenters. The molecule has 220 valence electrons. The minimum Gasteiger partial charge on any atom is -0.435 e. The number of ether oxygens (including phenoxy) is 1. The van der Waals surface area contributed by atoms with Crippen LogP contribution >= 0.6 is 11.6 Å². The molecule has 1 saturated carbocycles. The van der Waals surface area contributed by atoms with E-state index in [1.807, 2.05) is 0 Å². The summed E-state index contributed by atoms with van der Waals surface area (Å²) < 4.78 is 75.3. The van der Waals surface area contributed by atoms with Crippen molar-refractivity contribution in [1.82, 2.24) is 14.9 Å². The third kappa shape index (κ3) is 4.79. The fraction of sp³-hybridized carbons (Fsp3) is 0.357. The second-order valence-corrected chi connectivity index (χ2v) is 11.1. The van der Waals surface area contributed by atoms with Crippen molar-refractivity contribution < 1.29 is 36.3 Å². The molecule has 3 aromatic rings. The molecule has 42 heavy (non-hydrogen) atoms. The minimum absolute atomic E-state index is 0.0181. The van der Waals surface area contributed by atoms with Crippen LogP contribution in [0.4, 0.5) is 33.6 Å². The van der Waals surface area contributed by atoms with Crippen molar-refractivity contribution >= 4 is 35.1 Å². The number of fused-ring (bicyclic) bond motifs is 1. The fourth-order valence-electron chi connectivity index (χ4n) is 5.56. The molecular formula is C28H23ClF5N5O3. The van der Waals surface area contributed by atoms with E-state index in [1.54, 1.807) is 0 Å². The molecule has 2 amide bonds. The van der Waals surface area contributed by atoms with Gasteiger partial charge >= 0.3 is 6.61 Å². The van der Waals surface area contributed by atoms with Gasteiger partial charge in [0.05, 0.1) is 22.5 Å². The highest BCUT2D eigenvalue weighted by molar-refractivity contribution is 6.30. The molecule has 2 fully saturated rings. The normalized spacial score (nSPS) is 23.5. The molecule has 0 radical (unpaired) electrons. The first-order valence-electron chi connectivity index (χ1n) is 13.0. The van der Waals surface area contributed by atoms with Gasteiger partial charge in [0.15, 0.2) is 11.6 Å². The number of hydrogen-bond donors (Lipinski definition) is 1. The van der Waals surface area contributed by atoms with Gasteiger partial charge in [0, 0.05) is 54.6 Å². The summed E-state index contributed by atoms with van der Waals surface area (Å²) in [6.07, 6.45) is 1.40. The number of alkyl halides is 3. The maximum Gasteiger partial charge on any atom is 0.387 e. The van der Waals surface area contributed by atoms with Crippen LogP contribution in [0.25, 0.3) is 0 Å². The van der Waals surface area contributed by atoms with Crippen LogP contribution in [0.1, 0.15) is 34.8 Å². The third-order valence-electron chi connectivity index (χ3n) is 7.85. The lowest BCUT2D eigenvalue weighted by atomic mass is 9.71. The van der Waals surface area contributed by atoms with Gasteiger partial charge in [-0.3, -0.25) is 14.5 Å². The summed E-state index contributed by atoms with van der Waals surface area (Å²) in [6.45, 7) is -1.49. The van der Waals surface area contributed by atoms with Gasteiger partial charge in [-0.15, -0.1) is 0 Å². The van der Waals surface area contributed by atoms with Crippen molar-refractivity contribution in [1.29, 1.82) is 0 Å². The zero-order chi connectivity index (χ0) is 29.9. The minimum atomic E-state index is -3.12. The number of amides is 2. The Morgan fingerprint density at radius 3 is 2.62 bits per heavy atom. The number of aromatic nitrogens is 2. The van der Waals surface area contributed by atoms with Crippen LogP contribution < -0.4 is 15.0 Å². The zero-order valence-electron chi connectivity index (χ0n) is 22.0. The SMILES string of the molecule is C[C@]1(c2cccc(Cl)c2F)CN(c2cc(OC(F)F)ccn2)C(=O)c2cnc(NC3CN(C(=O)[C@@H]4C[C@@H]4F)C3)c(F)c21. The van der Waals surface area contributed by atoms with Gasteiger partial charge in [0.1, 0.15) is 23.6 Å². The maximum absolute atomic E-state index is 16.3. The van der Waals surface area contributed by atoms with Gasteiger partial charge in [0.25, 0.3) is 5.91 Å². The van der Waals surface area contributed by atoms with Gasteiger partial charge in [-0.1, -0.05) is 23.7 Å². The smallest absolute Gasteiger partial charge is 0.387 e. The van der Waals surface area contributed by atoms with E-state index < -0.39 is 41.7 Å². The first-order valence-corrected chi connectivity index (χ1v) is 13.4. The molecule has 1 N–H and O–H groups in total. The van der Waals surface area contributed by atoms with Gasteiger partial charge in [-0.25, -0.2) is 23.1 Å². The standard InChI is InChI=1S/C28H23ClF5N5O3/c1-28(17-3-2-4-18(29)22(17)31)12-39(20-7-14(5-6-35-20)42-27(33)34)26(41)16-9-36-24(23(32)21(16)28)37-13-10-38(11-13)25(40)15-8-19(15)30/h2-7,9,13,15,19,27H,8,10-12H2,1H3,(H,36,37)/t15-,19+,28-/m1/s1. The Morgan fingerprint density at radius 2 is 1.93 bits per heavy atom. The number of pyridine rings is 2. The lowest BCUT2D eigenvalue weighted by molar-refractivity contribution is -0.136. The summed E-state index contributed by atoms with van der Waals surface area (Å²) in [6, 6.07) is 6.17. The largest absolute Gasteiger partial charge is 0.435 e. The Morgan fingerprint density at radius 1 is 1.19 bits per heavy atom. The molecule has 3 aliphatic rings. The molecule has 0 bridgehead atoms. The predicted octanol–water partition coefficient (Wildman–Crippen LogP) is 4.96. The summed E-state index contributed by atoms with van der Waals surface area (Å²) in [5.41, 5.74) is -1.91. The van der Waals surface area contributed by atoms with Crippen LogP contribution in [0, 0.1) is 17.6 Å². The number of anilines is 2. The molecule has 1 saturated heterocycles. The van der Waals surface area contributed by atoms with E-state index in [1.165, 1.54) is 42.3 Å². The topological polar surface area (TPSA) is 87.7 Å². The quantitative estimate of drug-likeness (QED) is 0.382. The average Bonchev–Trinajstić information content (AvgIpc) is 3.66. The number of halogens is 6. The van der Waals surface area contributed by atoms with Crippen LogP contribution in [0.2, 0.25) is 5.02 Å². The number of hydrogen-bond acceptors (Lipinski definition) is 6. The first kappa shape index (κ1) is 28.1. The van der Waals surface area contributed by atoms with E-state index in [2.05, 4.69) is 20.0 Å². The molecule has 8 nitrogen and oxygen atoms in total. The van der Waals surface area contributed by atoms with E-state index in [0.717, 1.165) is 17.2 Å². The van der Waals surface area contributed by atoms with Gasteiger partial charge in [0.2, 0.25) is 5.91 Å². The van der Waals surface area contributed by atoms with E-state index >= 15 is 8.78 Å². The Labute approximate surface area is 241 Å². The second-order valence-electron chi connectivity index (χ2n) is 10.7. The van der Waals surface area contributed by atoms with Crippen LogP contribution in [-0.2, 0) is 10.2 Å². The predicted molar refractivity (Wildman–Crippen MR) is 142 cm³/mol. The number of nitrogens with one attached hydrogen (secondary N) is 1. The van der Waals surface area contributed by atoms with Crippen molar-refractivity contribution in [2.45, 2.75) is 37.6 Å². The van der Waals surface area contributed by atoms with E-state index in [4.69, 9.17) is 11.6 Å². The highest BCUT2D eigenvalue weighted by atomic mass is 35.5. The van der Waals surface area contributed by atoms with Crippen molar-refractivity contribution in [3.05, 3.63) is 76.1 Å². The number of benzene rings is 1. The Kier molecular flexibility index (Phi) is 6.95. The van der Waals surface area contributed by atoms with Crippen molar-refractivity contribution in [2.24, 2.45) is 5.92 Å². The monoisotopic (exact) mass is 607 g/mol. The van der Waals surface area contributed by atoms with Crippen molar-refractivity contribution in [3.8, 4) is 5.75 Å². The zero-order valence-corrected chi connectivity index (χ0v) is 22.7. The lowest BCUT2D eigenvalue weighted by Crippen LogP contribution is -2.58. The Hall–Kier alpha value is -4.00. The molecular weight excluding hydrogens is 585 g/mol. The summed E-state index contributed by atoms with van der Waals surface area (Å²) in [4.78, 5) is 36.7. The first-order chi connectivity index (χ1) is 20.0. The maximum atomic E-state index is 16.3. The van der Waals surface area contributed by atoms with E-state index in [9.17, 15) is 22.8 Å². The highest BCUT2D eigenvalue weighted by Crippen LogP contribution is 2.45. The number of rotatable bonds is 7. The molecule has 0 spiro atoms.